The van der Waals surface area contributed by atoms with Crippen LogP contribution in [-0.4, -0.2) is 24.3 Å². The first-order valence-electron chi connectivity index (χ1n) is 6.46. The van der Waals surface area contributed by atoms with Gasteiger partial charge in [-0.2, -0.15) is 0 Å². The molecule has 0 heterocycles. The molecule has 1 aliphatic carbocycles. The van der Waals surface area contributed by atoms with Crippen LogP contribution in [0.3, 0.4) is 0 Å². The molecular formula is C14H21BrN2O. The Balaban J connectivity index is 2.17. The molecule has 1 fully saturated rings. The highest BCUT2D eigenvalue weighted by molar-refractivity contribution is 9.10. The van der Waals surface area contributed by atoms with Crippen molar-refractivity contribution in [3.63, 3.8) is 0 Å². The van der Waals surface area contributed by atoms with E-state index in [1.807, 2.05) is 19.2 Å². The van der Waals surface area contributed by atoms with Crippen LogP contribution in [-0.2, 0) is 6.54 Å². The van der Waals surface area contributed by atoms with Gasteiger partial charge in [0.25, 0.3) is 0 Å². The third-order valence-electron chi connectivity index (χ3n) is 3.74. The summed E-state index contributed by atoms with van der Waals surface area (Å²) in [5.41, 5.74) is 7.47. The Morgan fingerprint density at radius 2 is 2.06 bits per heavy atom. The lowest BCUT2D eigenvalue weighted by Gasteiger charge is -2.31. The van der Waals surface area contributed by atoms with Crippen LogP contribution in [0.2, 0.25) is 0 Å². The summed E-state index contributed by atoms with van der Waals surface area (Å²) in [5, 5.41) is 10.5. The lowest BCUT2D eigenvalue weighted by molar-refractivity contribution is 0.0559. The largest absolute Gasteiger partial charge is 0.388 e. The van der Waals surface area contributed by atoms with Crippen molar-refractivity contribution in [1.82, 2.24) is 0 Å². The molecule has 0 unspecified atom stereocenters. The molecule has 0 amide bonds. The maximum atomic E-state index is 10.5. The third-order valence-corrected chi connectivity index (χ3v) is 4.24. The SMILES string of the molecule is CN(CC1(O)CCCC1)c1cc(Br)ccc1CN. The van der Waals surface area contributed by atoms with Crippen LogP contribution in [0.25, 0.3) is 0 Å². The van der Waals surface area contributed by atoms with E-state index in [2.05, 4.69) is 26.9 Å². The highest BCUT2D eigenvalue weighted by Gasteiger charge is 2.32. The lowest BCUT2D eigenvalue weighted by Crippen LogP contribution is -2.39. The Morgan fingerprint density at radius 3 is 2.67 bits per heavy atom. The highest BCUT2D eigenvalue weighted by Crippen LogP contribution is 2.32. The van der Waals surface area contributed by atoms with Crippen molar-refractivity contribution < 1.29 is 5.11 Å². The van der Waals surface area contributed by atoms with Crippen LogP contribution in [0, 0.1) is 0 Å². The van der Waals surface area contributed by atoms with E-state index in [1.165, 1.54) is 0 Å². The van der Waals surface area contributed by atoms with Gasteiger partial charge < -0.3 is 15.7 Å². The number of anilines is 1. The number of hydrogen-bond acceptors (Lipinski definition) is 3. The minimum atomic E-state index is -0.525. The molecule has 100 valence electrons. The van der Waals surface area contributed by atoms with Gasteiger partial charge in [0.1, 0.15) is 0 Å². The van der Waals surface area contributed by atoms with Gasteiger partial charge >= 0.3 is 0 Å². The van der Waals surface area contributed by atoms with Crippen molar-refractivity contribution >= 4 is 21.6 Å². The van der Waals surface area contributed by atoms with Crippen molar-refractivity contribution in [2.24, 2.45) is 5.73 Å². The summed E-state index contributed by atoms with van der Waals surface area (Å²) in [6.45, 7) is 1.20. The van der Waals surface area contributed by atoms with Crippen molar-refractivity contribution in [3.8, 4) is 0 Å². The van der Waals surface area contributed by atoms with Crippen molar-refractivity contribution in [2.45, 2.75) is 37.8 Å². The van der Waals surface area contributed by atoms with E-state index in [4.69, 9.17) is 5.73 Å². The summed E-state index contributed by atoms with van der Waals surface area (Å²) in [6, 6.07) is 6.11. The Hall–Kier alpha value is -0.580. The third kappa shape index (κ3) is 3.05. The van der Waals surface area contributed by atoms with Gasteiger partial charge in [0.15, 0.2) is 0 Å². The van der Waals surface area contributed by atoms with Gasteiger partial charge in [0.2, 0.25) is 0 Å². The van der Waals surface area contributed by atoms with E-state index < -0.39 is 5.60 Å². The van der Waals surface area contributed by atoms with Gasteiger partial charge in [0.05, 0.1) is 5.60 Å². The number of likely N-dealkylation sites (N-methyl/N-ethyl adjacent to an activating group) is 1. The molecule has 0 aliphatic heterocycles. The summed E-state index contributed by atoms with van der Waals surface area (Å²) < 4.78 is 1.04. The number of nitrogens with zero attached hydrogens (tertiary/aromatic N) is 1. The first-order valence-corrected chi connectivity index (χ1v) is 7.25. The van der Waals surface area contributed by atoms with E-state index in [-0.39, 0.29) is 0 Å². The fourth-order valence-corrected chi connectivity index (χ4v) is 3.13. The maximum absolute atomic E-state index is 10.5. The summed E-state index contributed by atoms with van der Waals surface area (Å²) in [4.78, 5) is 2.12. The zero-order valence-corrected chi connectivity index (χ0v) is 12.4. The second-order valence-electron chi connectivity index (χ2n) is 5.26. The molecule has 3 nitrogen and oxygen atoms in total. The van der Waals surface area contributed by atoms with Gasteiger partial charge in [-0.05, 0) is 30.5 Å². The van der Waals surface area contributed by atoms with Crippen LogP contribution in [0.15, 0.2) is 22.7 Å². The fourth-order valence-electron chi connectivity index (χ4n) is 2.78. The molecule has 0 atom stereocenters. The van der Waals surface area contributed by atoms with Crippen LogP contribution in [0.4, 0.5) is 5.69 Å². The lowest BCUT2D eigenvalue weighted by atomic mass is 10.0. The Labute approximate surface area is 117 Å². The van der Waals surface area contributed by atoms with E-state index in [9.17, 15) is 5.11 Å². The standard InChI is InChI=1S/C14H21BrN2O/c1-17(10-14(18)6-2-3-7-14)13-8-12(15)5-4-11(13)9-16/h4-5,8,18H,2-3,6-7,9-10,16H2,1H3. The number of aliphatic hydroxyl groups is 1. The molecule has 3 N–H and O–H groups in total. The van der Waals surface area contributed by atoms with Crippen molar-refractivity contribution in [1.29, 1.82) is 0 Å². The van der Waals surface area contributed by atoms with Gasteiger partial charge in [-0.25, -0.2) is 0 Å². The smallest absolute Gasteiger partial charge is 0.0821 e. The van der Waals surface area contributed by atoms with E-state index in [1.54, 1.807) is 0 Å². The Kier molecular flexibility index (Phi) is 4.30. The summed E-state index contributed by atoms with van der Waals surface area (Å²) in [7, 11) is 2.03. The van der Waals surface area contributed by atoms with E-state index in [0.717, 1.165) is 41.4 Å². The average Bonchev–Trinajstić information content (AvgIpc) is 2.75. The molecule has 1 aliphatic rings. The molecule has 0 bridgehead atoms. The molecule has 0 radical (unpaired) electrons. The molecular weight excluding hydrogens is 292 g/mol. The number of halogens is 1. The average molecular weight is 313 g/mol. The molecule has 0 aromatic heterocycles. The van der Waals surface area contributed by atoms with E-state index >= 15 is 0 Å². The normalized spacial score (nSPS) is 18.0. The van der Waals surface area contributed by atoms with Gasteiger partial charge in [-0.15, -0.1) is 0 Å². The van der Waals surface area contributed by atoms with Crippen molar-refractivity contribution in [2.75, 3.05) is 18.5 Å². The van der Waals surface area contributed by atoms with Gasteiger partial charge in [-0.1, -0.05) is 34.8 Å². The number of hydrogen-bond donors (Lipinski definition) is 2. The zero-order valence-electron chi connectivity index (χ0n) is 10.8. The molecule has 1 aromatic rings. The minimum absolute atomic E-state index is 0.519. The predicted molar refractivity (Wildman–Crippen MR) is 78.7 cm³/mol. The number of benzene rings is 1. The Bertz CT molecular complexity index is 416. The minimum Gasteiger partial charge on any atom is -0.388 e. The highest BCUT2D eigenvalue weighted by atomic mass is 79.9. The number of nitrogens with two attached hydrogens (primary N) is 1. The molecule has 2 rings (SSSR count). The fraction of sp³-hybridized carbons (Fsp3) is 0.571. The quantitative estimate of drug-likeness (QED) is 0.898. The molecule has 0 spiro atoms. The van der Waals surface area contributed by atoms with Gasteiger partial charge in [0, 0.05) is 30.3 Å². The van der Waals surface area contributed by atoms with Crippen LogP contribution in [0.5, 0.6) is 0 Å². The monoisotopic (exact) mass is 312 g/mol. The second-order valence-corrected chi connectivity index (χ2v) is 6.18. The zero-order chi connectivity index (χ0) is 13.2. The second kappa shape index (κ2) is 5.59. The first-order chi connectivity index (χ1) is 8.54. The predicted octanol–water partition coefficient (Wildman–Crippen LogP) is 2.65. The number of rotatable bonds is 4. The van der Waals surface area contributed by atoms with Crippen LogP contribution in [0.1, 0.15) is 31.2 Å². The molecule has 1 saturated carbocycles. The molecule has 4 heteroatoms. The maximum Gasteiger partial charge on any atom is 0.0821 e. The van der Waals surface area contributed by atoms with Crippen LogP contribution >= 0.6 is 15.9 Å². The summed E-state index contributed by atoms with van der Waals surface area (Å²) >= 11 is 3.49. The summed E-state index contributed by atoms with van der Waals surface area (Å²) in [6.07, 6.45) is 4.08. The van der Waals surface area contributed by atoms with Crippen LogP contribution < -0.4 is 10.6 Å². The molecule has 18 heavy (non-hydrogen) atoms. The molecule has 1 aromatic carbocycles. The molecule has 0 saturated heterocycles. The van der Waals surface area contributed by atoms with Gasteiger partial charge in [-0.3, -0.25) is 0 Å². The first kappa shape index (κ1) is 13.8. The Morgan fingerprint density at radius 1 is 1.39 bits per heavy atom. The van der Waals surface area contributed by atoms with Crippen molar-refractivity contribution in [3.05, 3.63) is 28.2 Å². The summed E-state index contributed by atoms with van der Waals surface area (Å²) in [5.74, 6) is 0. The topological polar surface area (TPSA) is 49.5 Å². The van der Waals surface area contributed by atoms with E-state index in [0.29, 0.717) is 13.1 Å².